The predicted octanol–water partition coefficient (Wildman–Crippen LogP) is 2.06. The Kier molecular flexibility index (Phi) is 7.06. The topological polar surface area (TPSA) is 84.7 Å². The van der Waals surface area contributed by atoms with Crippen molar-refractivity contribution in [1.29, 1.82) is 0 Å². The maximum atomic E-state index is 12.1. The normalized spacial score (nSPS) is 16.6. The summed E-state index contributed by atoms with van der Waals surface area (Å²) in [6, 6.07) is 9.99. The molecule has 1 heterocycles. The van der Waals surface area contributed by atoms with Crippen LogP contribution in [0.4, 0.5) is 4.79 Å². The molecular weight excluding hydrogens is 306 g/mol. The monoisotopic (exact) mass is 333 g/mol. The number of amides is 3. The number of likely N-dealkylation sites (tertiary alicyclic amines) is 1. The van der Waals surface area contributed by atoms with Gasteiger partial charge in [-0.1, -0.05) is 30.3 Å². The highest BCUT2D eigenvalue weighted by Crippen LogP contribution is 2.17. The van der Waals surface area contributed by atoms with E-state index in [1.807, 2.05) is 37.3 Å². The third-order valence-corrected chi connectivity index (χ3v) is 4.42. The standard InChI is InChI=1S/C18H27N3O3/c1-14(15-6-3-2-4-7-15)24-13-5-10-20-18(23)21-11-8-16(9-12-21)17(19)22/h2-4,6-7,14,16H,5,8-13H2,1H3,(H2,19,22)(H,20,23)/t14-/m0/s1. The molecule has 1 aromatic carbocycles. The van der Waals surface area contributed by atoms with Gasteiger partial charge >= 0.3 is 6.03 Å². The first-order valence-electron chi connectivity index (χ1n) is 8.56. The van der Waals surface area contributed by atoms with E-state index in [2.05, 4.69) is 5.32 Å². The highest BCUT2D eigenvalue weighted by molar-refractivity contribution is 5.78. The zero-order chi connectivity index (χ0) is 17.4. The summed E-state index contributed by atoms with van der Waals surface area (Å²) < 4.78 is 5.78. The molecule has 132 valence electrons. The Hall–Kier alpha value is -2.08. The number of hydrogen-bond donors (Lipinski definition) is 2. The van der Waals surface area contributed by atoms with Crippen LogP contribution < -0.4 is 11.1 Å². The van der Waals surface area contributed by atoms with Crippen molar-refractivity contribution in [3.05, 3.63) is 35.9 Å². The van der Waals surface area contributed by atoms with Gasteiger partial charge in [0.1, 0.15) is 0 Å². The van der Waals surface area contributed by atoms with Crippen LogP contribution in [0.2, 0.25) is 0 Å². The molecule has 1 aromatic rings. The Morgan fingerprint density at radius 2 is 1.96 bits per heavy atom. The summed E-state index contributed by atoms with van der Waals surface area (Å²) >= 11 is 0. The Balaban J connectivity index is 1.57. The van der Waals surface area contributed by atoms with Crippen LogP contribution in [-0.2, 0) is 9.53 Å². The van der Waals surface area contributed by atoms with Gasteiger partial charge in [-0.2, -0.15) is 0 Å². The fraction of sp³-hybridized carbons (Fsp3) is 0.556. The number of carbonyl (C=O) groups is 2. The molecule has 0 unspecified atom stereocenters. The molecular formula is C18H27N3O3. The lowest BCUT2D eigenvalue weighted by Gasteiger charge is -2.30. The van der Waals surface area contributed by atoms with Gasteiger partial charge in [0.2, 0.25) is 5.91 Å². The lowest BCUT2D eigenvalue weighted by Crippen LogP contribution is -2.46. The first kappa shape index (κ1) is 18.3. The van der Waals surface area contributed by atoms with Gasteiger partial charge in [-0.15, -0.1) is 0 Å². The van der Waals surface area contributed by atoms with E-state index in [1.54, 1.807) is 4.90 Å². The van der Waals surface area contributed by atoms with E-state index in [9.17, 15) is 9.59 Å². The third-order valence-electron chi connectivity index (χ3n) is 4.42. The average molecular weight is 333 g/mol. The van der Waals surface area contributed by atoms with E-state index >= 15 is 0 Å². The van der Waals surface area contributed by atoms with Gasteiger partial charge in [-0.05, 0) is 31.7 Å². The van der Waals surface area contributed by atoms with Gasteiger partial charge < -0.3 is 20.7 Å². The maximum absolute atomic E-state index is 12.1. The highest BCUT2D eigenvalue weighted by Gasteiger charge is 2.25. The number of piperidine rings is 1. The molecule has 0 saturated carbocycles. The van der Waals surface area contributed by atoms with E-state index < -0.39 is 0 Å². The summed E-state index contributed by atoms with van der Waals surface area (Å²) in [5, 5.41) is 2.90. The number of ether oxygens (including phenoxy) is 1. The number of benzene rings is 1. The van der Waals surface area contributed by atoms with Crippen molar-refractivity contribution in [2.24, 2.45) is 11.7 Å². The van der Waals surface area contributed by atoms with Crippen LogP contribution in [-0.4, -0.2) is 43.1 Å². The van der Waals surface area contributed by atoms with E-state index in [0.717, 1.165) is 12.0 Å². The van der Waals surface area contributed by atoms with Crippen LogP contribution in [0.1, 0.15) is 37.9 Å². The summed E-state index contributed by atoms with van der Waals surface area (Å²) in [6.45, 7) is 4.37. The number of carbonyl (C=O) groups excluding carboxylic acids is 2. The van der Waals surface area contributed by atoms with Crippen LogP contribution in [0.25, 0.3) is 0 Å². The summed E-state index contributed by atoms with van der Waals surface area (Å²) in [7, 11) is 0. The third kappa shape index (κ3) is 5.53. The summed E-state index contributed by atoms with van der Waals surface area (Å²) in [5.41, 5.74) is 6.45. The first-order valence-corrected chi connectivity index (χ1v) is 8.56. The predicted molar refractivity (Wildman–Crippen MR) is 92.3 cm³/mol. The van der Waals surface area contributed by atoms with E-state index in [-0.39, 0.29) is 24.0 Å². The number of urea groups is 1. The Bertz CT molecular complexity index is 528. The van der Waals surface area contributed by atoms with Crippen molar-refractivity contribution in [3.8, 4) is 0 Å². The van der Waals surface area contributed by atoms with Crippen molar-refractivity contribution >= 4 is 11.9 Å². The molecule has 1 atom stereocenters. The Labute approximate surface area is 143 Å². The van der Waals surface area contributed by atoms with Gasteiger partial charge in [-0.25, -0.2) is 4.79 Å². The van der Waals surface area contributed by atoms with Crippen LogP contribution in [0, 0.1) is 5.92 Å². The molecule has 1 fully saturated rings. The second-order valence-corrected chi connectivity index (χ2v) is 6.17. The Morgan fingerprint density at radius 3 is 2.58 bits per heavy atom. The van der Waals surface area contributed by atoms with Crippen LogP contribution in [0.15, 0.2) is 30.3 Å². The molecule has 3 amide bonds. The molecule has 0 aliphatic carbocycles. The number of primary amides is 1. The van der Waals surface area contributed by atoms with Gasteiger partial charge in [-0.3, -0.25) is 4.79 Å². The van der Waals surface area contributed by atoms with Crippen LogP contribution in [0.5, 0.6) is 0 Å². The molecule has 6 nitrogen and oxygen atoms in total. The molecule has 2 rings (SSSR count). The molecule has 1 saturated heterocycles. The van der Waals surface area contributed by atoms with Crippen LogP contribution in [0.3, 0.4) is 0 Å². The lowest BCUT2D eigenvalue weighted by molar-refractivity contribution is -0.123. The van der Waals surface area contributed by atoms with Crippen molar-refractivity contribution in [3.63, 3.8) is 0 Å². The van der Waals surface area contributed by atoms with Crippen molar-refractivity contribution in [2.75, 3.05) is 26.2 Å². The number of nitrogens with zero attached hydrogens (tertiary/aromatic N) is 1. The van der Waals surface area contributed by atoms with Gasteiger partial charge in [0.05, 0.1) is 6.10 Å². The van der Waals surface area contributed by atoms with E-state index in [4.69, 9.17) is 10.5 Å². The zero-order valence-electron chi connectivity index (χ0n) is 14.2. The second kappa shape index (κ2) is 9.27. The molecule has 0 bridgehead atoms. The average Bonchev–Trinajstić information content (AvgIpc) is 2.62. The highest BCUT2D eigenvalue weighted by atomic mass is 16.5. The molecule has 3 N–H and O–H groups in total. The summed E-state index contributed by atoms with van der Waals surface area (Å²) in [5.74, 6) is -0.360. The summed E-state index contributed by atoms with van der Waals surface area (Å²) in [4.78, 5) is 24.9. The molecule has 0 aromatic heterocycles. The molecule has 6 heteroatoms. The number of nitrogens with one attached hydrogen (secondary N) is 1. The fourth-order valence-electron chi connectivity index (χ4n) is 2.83. The smallest absolute Gasteiger partial charge is 0.317 e. The molecule has 1 aliphatic heterocycles. The van der Waals surface area contributed by atoms with Gasteiger partial charge in [0, 0.05) is 32.2 Å². The van der Waals surface area contributed by atoms with Crippen molar-refractivity contribution in [1.82, 2.24) is 10.2 Å². The first-order chi connectivity index (χ1) is 11.6. The quantitative estimate of drug-likeness (QED) is 0.749. The van der Waals surface area contributed by atoms with Crippen molar-refractivity contribution < 1.29 is 14.3 Å². The molecule has 0 radical (unpaired) electrons. The Morgan fingerprint density at radius 1 is 1.29 bits per heavy atom. The molecule has 1 aliphatic rings. The molecule has 0 spiro atoms. The van der Waals surface area contributed by atoms with Crippen molar-refractivity contribution in [2.45, 2.75) is 32.3 Å². The summed E-state index contributed by atoms with van der Waals surface area (Å²) in [6.07, 6.45) is 2.12. The zero-order valence-corrected chi connectivity index (χ0v) is 14.2. The number of rotatable bonds is 7. The van der Waals surface area contributed by atoms with E-state index in [0.29, 0.717) is 39.1 Å². The van der Waals surface area contributed by atoms with Gasteiger partial charge in [0.25, 0.3) is 0 Å². The second-order valence-electron chi connectivity index (χ2n) is 6.17. The SMILES string of the molecule is C[C@H](OCCCNC(=O)N1CCC(C(N)=O)CC1)c1ccccc1. The minimum Gasteiger partial charge on any atom is -0.374 e. The largest absolute Gasteiger partial charge is 0.374 e. The maximum Gasteiger partial charge on any atom is 0.317 e. The van der Waals surface area contributed by atoms with Gasteiger partial charge in [0.15, 0.2) is 0 Å². The number of nitrogens with two attached hydrogens (primary N) is 1. The fourth-order valence-corrected chi connectivity index (χ4v) is 2.83. The molecule has 24 heavy (non-hydrogen) atoms. The minimum absolute atomic E-state index is 0.0507. The van der Waals surface area contributed by atoms with E-state index in [1.165, 1.54) is 0 Å². The van der Waals surface area contributed by atoms with Crippen LogP contribution >= 0.6 is 0 Å². The number of hydrogen-bond acceptors (Lipinski definition) is 3. The lowest BCUT2D eigenvalue weighted by atomic mass is 9.96. The minimum atomic E-state index is -0.264.